The maximum absolute atomic E-state index is 11.2. The highest BCUT2D eigenvalue weighted by Crippen LogP contribution is 2.24. The fourth-order valence-electron chi connectivity index (χ4n) is 3.51. The molecule has 7 nitrogen and oxygen atoms in total. The molecular weight excluding hydrogens is 354 g/mol. The van der Waals surface area contributed by atoms with Gasteiger partial charge in [-0.25, -0.2) is 0 Å². The first-order chi connectivity index (χ1) is 13.7. The Labute approximate surface area is 166 Å². The van der Waals surface area contributed by atoms with E-state index in [2.05, 4.69) is 25.8 Å². The third kappa shape index (κ3) is 5.60. The van der Waals surface area contributed by atoms with Gasteiger partial charge in [-0.1, -0.05) is 12.1 Å². The lowest BCUT2D eigenvalue weighted by atomic mass is 10.2. The molecule has 2 heterocycles. The van der Waals surface area contributed by atoms with Gasteiger partial charge in [0.25, 0.3) is 0 Å². The summed E-state index contributed by atoms with van der Waals surface area (Å²) in [7, 11) is 1.76. The number of furan rings is 1. The van der Waals surface area contributed by atoms with Crippen LogP contribution in [-0.2, 0) is 11.3 Å². The number of amides is 1. The number of hydrogen-bond acceptors (Lipinski definition) is 4. The summed E-state index contributed by atoms with van der Waals surface area (Å²) < 4.78 is 5.67. The Hall–Kier alpha value is -2.80. The monoisotopic (exact) mass is 383 g/mol. The van der Waals surface area contributed by atoms with Crippen molar-refractivity contribution in [2.24, 2.45) is 4.99 Å². The van der Waals surface area contributed by atoms with E-state index >= 15 is 0 Å². The molecule has 1 amide bonds. The first-order valence-corrected chi connectivity index (χ1v) is 9.74. The molecule has 1 aliphatic heterocycles. The number of anilines is 1. The van der Waals surface area contributed by atoms with Gasteiger partial charge in [0.05, 0.1) is 12.3 Å². The molecule has 3 N–H and O–H groups in total. The fraction of sp³-hybridized carbons (Fsp3) is 0.429. The van der Waals surface area contributed by atoms with Gasteiger partial charge in [0, 0.05) is 32.7 Å². The molecule has 1 fully saturated rings. The zero-order valence-electron chi connectivity index (χ0n) is 16.6. The molecule has 28 heavy (non-hydrogen) atoms. The van der Waals surface area contributed by atoms with E-state index in [0.29, 0.717) is 6.54 Å². The average molecular weight is 383 g/mol. The van der Waals surface area contributed by atoms with E-state index in [1.165, 1.54) is 19.8 Å². The van der Waals surface area contributed by atoms with Crippen molar-refractivity contribution in [3.05, 3.63) is 54.0 Å². The minimum atomic E-state index is -0.0755. The first kappa shape index (κ1) is 19.9. The third-order valence-electron chi connectivity index (χ3n) is 4.85. The van der Waals surface area contributed by atoms with Crippen molar-refractivity contribution in [1.82, 2.24) is 15.5 Å². The van der Waals surface area contributed by atoms with Crippen LogP contribution >= 0.6 is 0 Å². The molecular formula is C21H29N5O2. The summed E-state index contributed by atoms with van der Waals surface area (Å²) in [5, 5.41) is 9.56. The van der Waals surface area contributed by atoms with Gasteiger partial charge in [-0.3, -0.25) is 14.7 Å². The van der Waals surface area contributed by atoms with Crippen LogP contribution < -0.4 is 16.0 Å². The molecule has 1 aromatic carbocycles. The number of benzene rings is 1. The predicted molar refractivity (Wildman–Crippen MR) is 111 cm³/mol. The van der Waals surface area contributed by atoms with Crippen molar-refractivity contribution in [3.63, 3.8) is 0 Å². The number of nitrogens with zero attached hydrogens (tertiary/aromatic N) is 2. The average Bonchev–Trinajstić information content (AvgIpc) is 3.39. The van der Waals surface area contributed by atoms with Crippen LogP contribution in [0.3, 0.4) is 0 Å². The van der Waals surface area contributed by atoms with E-state index in [1.807, 2.05) is 36.4 Å². The van der Waals surface area contributed by atoms with Crippen LogP contribution in [0.25, 0.3) is 0 Å². The van der Waals surface area contributed by atoms with Gasteiger partial charge in [-0.05, 0) is 55.8 Å². The lowest BCUT2D eigenvalue weighted by molar-refractivity contribution is -0.114. The second-order valence-corrected chi connectivity index (χ2v) is 6.96. The van der Waals surface area contributed by atoms with E-state index in [0.717, 1.165) is 42.6 Å². The molecule has 150 valence electrons. The number of aliphatic imine (C=N–C) groups is 1. The van der Waals surface area contributed by atoms with E-state index in [1.54, 1.807) is 13.3 Å². The van der Waals surface area contributed by atoms with Crippen molar-refractivity contribution in [2.45, 2.75) is 32.4 Å². The normalized spacial score (nSPS) is 16.0. The Morgan fingerprint density at radius 1 is 1.21 bits per heavy atom. The molecule has 0 bridgehead atoms. The molecule has 0 radical (unpaired) electrons. The number of guanidine groups is 1. The van der Waals surface area contributed by atoms with Crippen molar-refractivity contribution in [2.75, 3.05) is 32.0 Å². The Bertz CT molecular complexity index is 782. The van der Waals surface area contributed by atoms with Crippen LogP contribution in [0.4, 0.5) is 5.69 Å². The molecule has 1 saturated heterocycles. The molecule has 1 unspecified atom stereocenters. The van der Waals surface area contributed by atoms with Crippen LogP contribution in [-0.4, -0.2) is 43.4 Å². The SMILES string of the molecule is CN=C(NCc1cccc(NC(C)=O)c1)NCC(c1ccco1)N1CCCC1. The van der Waals surface area contributed by atoms with Crippen LogP contribution in [0.15, 0.2) is 52.1 Å². The summed E-state index contributed by atoms with van der Waals surface area (Å²) in [6, 6.07) is 11.9. The lowest BCUT2D eigenvalue weighted by Gasteiger charge is -2.26. The minimum absolute atomic E-state index is 0.0755. The summed E-state index contributed by atoms with van der Waals surface area (Å²) >= 11 is 0. The van der Waals surface area contributed by atoms with Crippen molar-refractivity contribution >= 4 is 17.6 Å². The summed E-state index contributed by atoms with van der Waals surface area (Å²) in [6.45, 7) is 5.03. The molecule has 7 heteroatoms. The van der Waals surface area contributed by atoms with Gasteiger partial charge >= 0.3 is 0 Å². The van der Waals surface area contributed by atoms with Gasteiger partial charge in [-0.2, -0.15) is 0 Å². The first-order valence-electron chi connectivity index (χ1n) is 9.74. The van der Waals surface area contributed by atoms with Crippen molar-refractivity contribution in [3.8, 4) is 0 Å². The summed E-state index contributed by atoms with van der Waals surface area (Å²) in [5.74, 6) is 1.64. The largest absolute Gasteiger partial charge is 0.468 e. The second-order valence-electron chi connectivity index (χ2n) is 6.96. The fourth-order valence-corrected chi connectivity index (χ4v) is 3.51. The molecule has 3 rings (SSSR count). The topological polar surface area (TPSA) is 81.9 Å². The molecule has 1 aromatic heterocycles. The van der Waals surface area contributed by atoms with Gasteiger partial charge in [0.1, 0.15) is 5.76 Å². The van der Waals surface area contributed by atoms with E-state index < -0.39 is 0 Å². The maximum Gasteiger partial charge on any atom is 0.221 e. The Balaban J connectivity index is 1.56. The zero-order valence-corrected chi connectivity index (χ0v) is 16.6. The molecule has 1 aliphatic rings. The Kier molecular flexibility index (Phi) is 7.08. The minimum Gasteiger partial charge on any atom is -0.468 e. The number of carbonyl (C=O) groups excluding carboxylic acids is 1. The van der Waals surface area contributed by atoms with E-state index in [9.17, 15) is 4.79 Å². The third-order valence-corrected chi connectivity index (χ3v) is 4.85. The number of carbonyl (C=O) groups is 1. The van der Waals surface area contributed by atoms with Crippen LogP contribution in [0, 0.1) is 0 Å². The van der Waals surface area contributed by atoms with Gasteiger partial charge in [0.15, 0.2) is 5.96 Å². The smallest absolute Gasteiger partial charge is 0.221 e. The second kappa shape index (κ2) is 9.94. The number of likely N-dealkylation sites (tertiary alicyclic amines) is 1. The van der Waals surface area contributed by atoms with Crippen LogP contribution in [0.5, 0.6) is 0 Å². The standard InChI is InChI=1S/C21H29N5O2/c1-16(27)25-18-8-5-7-17(13-18)14-23-21(22-2)24-15-19(20-9-6-12-28-20)26-10-3-4-11-26/h5-9,12-13,19H,3-4,10-11,14-15H2,1-2H3,(H,25,27)(H2,22,23,24). The number of nitrogens with one attached hydrogen (secondary N) is 3. The van der Waals surface area contributed by atoms with Gasteiger partial charge in [-0.15, -0.1) is 0 Å². The predicted octanol–water partition coefficient (Wildman–Crippen LogP) is 2.74. The van der Waals surface area contributed by atoms with Crippen molar-refractivity contribution < 1.29 is 9.21 Å². The van der Waals surface area contributed by atoms with Crippen LogP contribution in [0.1, 0.15) is 37.1 Å². The number of hydrogen-bond donors (Lipinski definition) is 3. The summed E-state index contributed by atoms with van der Waals surface area (Å²) in [6.07, 6.45) is 4.19. The molecule has 2 aromatic rings. The quantitative estimate of drug-likeness (QED) is 0.506. The van der Waals surface area contributed by atoms with Crippen LogP contribution in [0.2, 0.25) is 0 Å². The summed E-state index contributed by atoms with van der Waals surface area (Å²) in [4.78, 5) is 18.0. The molecule has 0 spiro atoms. The zero-order chi connectivity index (χ0) is 19.8. The highest BCUT2D eigenvalue weighted by atomic mass is 16.3. The lowest BCUT2D eigenvalue weighted by Crippen LogP contribution is -2.42. The summed E-state index contributed by atoms with van der Waals surface area (Å²) in [5.41, 5.74) is 1.86. The Morgan fingerprint density at radius 3 is 2.71 bits per heavy atom. The highest BCUT2D eigenvalue weighted by molar-refractivity contribution is 5.88. The molecule has 0 aliphatic carbocycles. The van der Waals surface area contributed by atoms with Gasteiger partial charge in [0.2, 0.25) is 5.91 Å². The maximum atomic E-state index is 11.2. The molecule has 0 saturated carbocycles. The van der Waals surface area contributed by atoms with E-state index in [-0.39, 0.29) is 11.9 Å². The molecule has 1 atom stereocenters. The number of rotatable bonds is 7. The van der Waals surface area contributed by atoms with Crippen molar-refractivity contribution in [1.29, 1.82) is 0 Å². The highest BCUT2D eigenvalue weighted by Gasteiger charge is 2.25. The van der Waals surface area contributed by atoms with E-state index in [4.69, 9.17) is 4.42 Å². The Morgan fingerprint density at radius 2 is 2.04 bits per heavy atom. The van der Waals surface area contributed by atoms with Gasteiger partial charge < -0.3 is 20.4 Å².